The van der Waals surface area contributed by atoms with Gasteiger partial charge in [0.05, 0.1) is 23.6 Å². The van der Waals surface area contributed by atoms with E-state index in [0.29, 0.717) is 0 Å². The number of carbonyl (C=O) groups is 2. The summed E-state index contributed by atoms with van der Waals surface area (Å²) < 4.78 is 1.47. The van der Waals surface area contributed by atoms with E-state index >= 15 is 0 Å². The molecule has 1 atom stereocenters. The van der Waals surface area contributed by atoms with E-state index in [0.717, 1.165) is 27.7 Å². The summed E-state index contributed by atoms with van der Waals surface area (Å²) in [6.07, 6.45) is 1.47. The van der Waals surface area contributed by atoms with Crippen LogP contribution in [-0.2, 0) is 0 Å². The molecule has 8 heteroatoms. The summed E-state index contributed by atoms with van der Waals surface area (Å²) >= 11 is 0. The number of amides is 3. The van der Waals surface area contributed by atoms with E-state index in [2.05, 4.69) is 20.9 Å². The molecule has 3 aromatic carbocycles. The Balaban J connectivity index is 1.43. The van der Waals surface area contributed by atoms with Crippen molar-refractivity contribution in [3.05, 3.63) is 84.2 Å². The predicted octanol–water partition coefficient (Wildman–Crippen LogP) is 3.40. The minimum absolute atomic E-state index is 0.0965. The molecule has 4 rings (SSSR count). The molecule has 0 spiro atoms. The van der Waals surface area contributed by atoms with Crippen LogP contribution in [0.1, 0.15) is 29.0 Å². The molecule has 4 aromatic rings. The Morgan fingerprint density at radius 1 is 1.00 bits per heavy atom. The lowest BCUT2D eigenvalue weighted by atomic mass is 10.1. The molecule has 0 saturated carbocycles. The summed E-state index contributed by atoms with van der Waals surface area (Å²) in [5, 5.41) is 15.5. The molecule has 0 fully saturated rings. The molecule has 0 aliphatic heterocycles. The minimum Gasteiger partial charge on any atom is -0.364 e. The molecule has 3 amide bonds. The van der Waals surface area contributed by atoms with E-state index in [1.807, 2.05) is 73.7 Å². The number of fused-ring (bicyclic) bond motifs is 1. The normalized spacial score (nSPS) is 11.8. The van der Waals surface area contributed by atoms with Crippen LogP contribution in [-0.4, -0.2) is 26.9 Å². The SMILES string of the molecule is C[C@@H](NC(=O)Nc1cccc2ccccc12)c1ccc(-n2cc(C(N)=O)nn2)cc1. The average molecular weight is 400 g/mol. The van der Waals surface area contributed by atoms with Crippen LogP contribution >= 0.6 is 0 Å². The van der Waals surface area contributed by atoms with Gasteiger partial charge >= 0.3 is 6.03 Å². The molecule has 1 heterocycles. The van der Waals surface area contributed by atoms with Crippen LogP contribution < -0.4 is 16.4 Å². The summed E-state index contributed by atoms with van der Waals surface area (Å²) in [6.45, 7) is 1.90. The van der Waals surface area contributed by atoms with Gasteiger partial charge in [0.25, 0.3) is 5.91 Å². The highest BCUT2D eigenvalue weighted by Crippen LogP contribution is 2.23. The first-order valence-corrected chi connectivity index (χ1v) is 9.39. The minimum atomic E-state index is -0.632. The largest absolute Gasteiger partial charge is 0.364 e. The van der Waals surface area contributed by atoms with E-state index in [1.54, 1.807) is 0 Å². The lowest BCUT2D eigenvalue weighted by Crippen LogP contribution is -2.31. The molecular formula is C22H20N6O2. The van der Waals surface area contributed by atoms with Crippen LogP contribution in [0.15, 0.2) is 72.9 Å². The van der Waals surface area contributed by atoms with Gasteiger partial charge in [-0.15, -0.1) is 5.10 Å². The quantitative estimate of drug-likeness (QED) is 0.476. The number of nitrogens with zero attached hydrogens (tertiary/aromatic N) is 3. The van der Waals surface area contributed by atoms with E-state index in [1.165, 1.54) is 10.9 Å². The number of urea groups is 1. The molecule has 0 aliphatic carbocycles. The first-order chi connectivity index (χ1) is 14.5. The topological polar surface area (TPSA) is 115 Å². The molecule has 4 N–H and O–H groups in total. The Labute approximate surface area is 172 Å². The maximum Gasteiger partial charge on any atom is 0.319 e. The zero-order valence-corrected chi connectivity index (χ0v) is 16.2. The fourth-order valence-electron chi connectivity index (χ4n) is 3.19. The number of anilines is 1. The highest BCUT2D eigenvalue weighted by Gasteiger charge is 2.12. The van der Waals surface area contributed by atoms with Crippen LogP contribution in [0.4, 0.5) is 10.5 Å². The number of primary amides is 1. The van der Waals surface area contributed by atoms with Gasteiger partial charge in [-0.05, 0) is 36.1 Å². The molecule has 8 nitrogen and oxygen atoms in total. The highest BCUT2D eigenvalue weighted by atomic mass is 16.2. The third-order valence-electron chi connectivity index (χ3n) is 4.79. The Bertz CT molecular complexity index is 1210. The van der Waals surface area contributed by atoms with Crippen molar-refractivity contribution in [1.82, 2.24) is 20.3 Å². The lowest BCUT2D eigenvalue weighted by molar-refractivity contribution is 0.0995. The lowest BCUT2D eigenvalue weighted by Gasteiger charge is -2.16. The van der Waals surface area contributed by atoms with Crippen molar-refractivity contribution in [2.24, 2.45) is 5.73 Å². The second kappa shape index (κ2) is 8.04. The Hall–Kier alpha value is -4.20. The van der Waals surface area contributed by atoms with Crippen LogP contribution in [0.5, 0.6) is 0 Å². The Morgan fingerprint density at radius 3 is 2.47 bits per heavy atom. The Morgan fingerprint density at radius 2 is 1.73 bits per heavy atom. The van der Waals surface area contributed by atoms with Gasteiger partial charge in [-0.2, -0.15) is 0 Å². The van der Waals surface area contributed by atoms with Gasteiger partial charge in [-0.3, -0.25) is 4.79 Å². The molecule has 0 aliphatic rings. The van der Waals surface area contributed by atoms with E-state index < -0.39 is 5.91 Å². The molecule has 0 radical (unpaired) electrons. The molecule has 0 bridgehead atoms. The van der Waals surface area contributed by atoms with Gasteiger partial charge in [0.2, 0.25) is 0 Å². The molecule has 0 saturated heterocycles. The molecule has 1 aromatic heterocycles. The van der Waals surface area contributed by atoms with Crippen molar-refractivity contribution in [2.45, 2.75) is 13.0 Å². The zero-order valence-electron chi connectivity index (χ0n) is 16.2. The third kappa shape index (κ3) is 3.97. The van der Waals surface area contributed by atoms with Crippen molar-refractivity contribution in [2.75, 3.05) is 5.32 Å². The van der Waals surface area contributed by atoms with Crippen molar-refractivity contribution >= 4 is 28.4 Å². The molecule has 30 heavy (non-hydrogen) atoms. The van der Waals surface area contributed by atoms with Crippen LogP contribution in [0, 0.1) is 0 Å². The summed E-state index contributed by atoms with van der Waals surface area (Å²) in [5.41, 5.74) is 7.70. The number of hydrogen-bond donors (Lipinski definition) is 3. The summed E-state index contributed by atoms with van der Waals surface area (Å²) in [6, 6.07) is 20.6. The standard InChI is InChI=1S/C22H20N6O2/c1-14(15-9-11-17(12-10-15)28-13-20(21(23)29)26-27-28)24-22(30)25-19-8-4-6-16-5-2-3-7-18(16)19/h2-14H,1H3,(H2,23,29)(H2,24,25,30)/t14-/m1/s1. The van der Waals surface area contributed by atoms with Crippen molar-refractivity contribution in [3.8, 4) is 5.69 Å². The van der Waals surface area contributed by atoms with Crippen LogP contribution in [0.3, 0.4) is 0 Å². The number of carbonyl (C=O) groups excluding carboxylic acids is 2. The number of hydrogen-bond acceptors (Lipinski definition) is 4. The average Bonchev–Trinajstić information content (AvgIpc) is 3.25. The summed E-state index contributed by atoms with van der Waals surface area (Å²) in [7, 11) is 0. The van der Waals surface area contributed by atoms with Gasteiger partial charge in [0.1, 0.15) is 0 Å². The molecular weight excluding hydrogens is 380 g/mol. The van der Waals surface area contributed by atoms with Gasteiger partial charge in [-0.1, -0.05) is 53.7 Å². The Kier molecular flexibility index (Phi) is 5.13. The fourth-order valence-corrected chi connectivity index (χ4v) is 3.19. The first kappa shape index (κ1) is 19.1. The number of benzene rings is 3. The monoisotopic (exact) mass is 400 g/mol. The predicted molar refractivity (Wildman–Crippen MR) is 114 cm³/mol. The third-order valence-corrected chi connectivity index (χ3v) is 4.79. The van der Waals surface area contributed by atoms with Gasteiger partial charge in [0.15, 0.2) is 5.69 Å². The van der Waals surface area contributed by atoms with E-state index in [4.69, 9.17) is 5.73 Å². The van der Waals surface area contributed by atoms with Gasteiger partial charge in [0, 0.05) is 5.39 Å². The van der Waals surface area contributed by atoms with E-state index in [-0.39, 0.29) is 17.8 Å². The van der Waals surface area contributed by atoms with Crippen LogP contribution in [0.2, 0.25) is 0 Å². The fraction of sp³-hybridized carbons (Fsp3) is 0.0909. The number of aromatic nitrogens is 3. The number of nitrogens with one attached hydrogen (secondary N) is 2. The van der Waals surface area contributed by atoms with E-state index in [9.17, 15) is 9.59 Å². The molecule has 150 valence electrons. The number of nitrogens with two attached hydrogens (primary N) is 1. The zero-order chi connectivity index (χ0) is 21.1. The molecule has 0 unspecified atom stereocenters. The van der Waals surface area contributed by atoms with Crippen molar-refractivity contribution in [3.63, 3.8) is 0 Å². The highest BCUT2D eigenvalue weighted by molar-refractivity contribution is 6.01. The second-order valence-corrected chi connectivity index (χ2v) is 6.85. The maximum atomic E-state index is 12.5. The van der Waals surface area contributed by atoms with Crippen LogP contribution in [0.25, 0.3) is 16.5 Å². The first-order valence-electron chi connectivity index (χ1n) is 9.39. The van der Waals surface area contributed by atoms with Crippen molar-refractivity contribution < 1.29 is 9.59 Å². The summed E-state index contributed by atoms with van der Waals surface area (Å²) in [4.78, 5) is 23.7. The number of rotatable bonds is 5. The second-order valence-electron chi connectivity index (χ2n) is 6.85. The van der Waals surface area contributed by atoms with Crippen molar-refractivity contribution in [1.29, 1.82) is 0 Å². The van der Waals surface area contributed by atoms with Gasteiger partial charge in [-0.25, -0.2) is 9.48 Å². The smallest absolute Gasteiger partial charge is 0.319 e. The van der Waals surface area contributed by atoms with Gasteiger partial charge < -0.3 is 16.4 Å². The maximum absolute atomic E-state index is 12.5. The summed E-state index contributed by atoms with van der Waals surface area (Å²) in [5.74, 6) is -0.632.